The van der Waals surface area contributed by atoms with Crippen LogP contribution in [0.1, 0.15) is 38.8 Å². The third-order valence-electron chi connectivity index (χ3n) is 6.80. The lowest BCUT2D eigenvalue weighted by atomic mass is 9.92. The minimum absolute atomic E-state index is 0.114. The largest absolute Gasteiger partial charge is 0.465 e. The zero-order valence-electron chi connectivity index (χ0n) is 19.7. The molecule has 2 aliphatic heterocycles. The number of hydrogen-bond acceptors (Lipinski definition) is 5. The summed E-state index contributed by atoms with van der Waals surface area (Å²) in [6.07, 6.45) is 0.875. The number of aromatic nitrogens is 1. The predicted octanol–water partition coefficient (Wildman–Crippen LogP) is 4.71. The van der Waals surface area contributed by atoms with Crippen LogP contribution in [0.3, 0.4) is 0 Å². The number of methoxy groups -OCH3 is 1. The first-order valence-corrected chi connectivity index (χ1v) is 12.2. The van der Waals surface area contributed by atoms with E-state index in [0.29, 0.717) is 17.2 Å². The van der Waals surface area contributed by atoms with E-state index in [1.165, 1.54) is 18.1 Å². The van der Waals surface area contributed by atoms with Crippen molar-refractivity contribution in [2.75, 3.05) is 20.4 Å². The van der Waals surface area contributed by atoms with Gasteiger partial charge in [0, 0.05) is 29.7 Å². The van der Waals surface area contributed by atoms with Gasteiger partial charge in [-0.15, -0.1) is 0 Å². The van der Waals surface area contributed by atoms with Crippen molar-refractivity contribution in [2.45, 2.75) is 19.0 Å². The molecule has 2 aliphatic rings. The van der Waals surface area contributed by atoms with E-state index in [-0.39, 0.29) is 18.8 Å². The van der Waals surface area contributed by atoms with E-state index in [0.717, 1.165) is 46.8 Å². The first-order chi connectivity index (χ1) is 17.6. The Hall–Kier alpha value is -4.04. The van der Waals surface area contributed by atoms with Crippen LogP contribution >= 0.6 is 12.2 Å². The van der Waals surface area contributed by atoms with E-state index in [2.05, 4.69) is 39.5 Å². The van der Waals surface area contributed by atoms with E-state index >= 15 is 0 Å². The molecule has 8 heteroatoms. The molecule has 182 valence electrons. The lowest BCUT2D eigenvalue weighted by molar-refractivity contribution is 0.0600. The molecule has 0 spiro atoms. The topological polar surface area (TPSA) is 75.8 Å². The van der Waals surface area contributed by atoms with Crippen LogP contribution in [0, 0.1) is 0 Å². The number of fused-ring (bicyclic) bond motifs is 4. The molecule has 0 saturated heterocycles. The Labute approximate surface area is 214 Å². The van der Waals surface area contributed by atoms with Crippen molar-refractivity contribution in [3.8, 4) is 11.5 Å². The van der Waals surface area contributed by atoms with Gasteiger partial charge in [0.05, 0.1) is 18.7 Å². The highest BCUT2D eigenvalue weighted by Crippen LogP contribution is 2.42. The van der Waals surface area contributed by atoms with Gasteiger partial charge in [0.25, 0.3) is 0 Å². The van der Waals surface area contributed by atoms with Gasteiger partial charge in [0.2, 0.25) is 6.79 Å². The molecular weight excluding hydrogens is 474 g/mol. The summed E-state index contributed by atoms with van der Waals surface area (Å²) in [6.45, 7) is 1.49. The lowest BCUT2D eigenvalue weighted by Crippen LogP contribution is -2.45. The number of aromatic amines is 1. The summed E-state index contributed by atoms with van der Waals surface area (Å²) in [7, 11) is 1.38. The third kappa shape index (κ3) is 3.93. The third-order valence-corrected chi connectivity index (χ3v) is 7.18. The van der Waals surface area contributed by atoms with Gasteiger partial charge in [-0.2, -0.15) is 0 Å². The molecule has 0 radical (unpaired) electrons. The Morgan fingerprint density at radius 1 is 1.11 bits per heavy atom. The summed E-state index contributed by atoms with van der Waals surface area (Å²) in [4.78, 5) is 17.8. The Bertz CT molecular complexity index is 1480. The Morgan fingerprint density at radius 3 is 2.86 bits per heavy atom. The van der Waals surface area contributed by atoms with Crippen LogP contribution in [0.5, 0.6) is 11.5 Å². The number of thiocarbonyl (C=S) groups is 1. The summed E-state index contributed by atoms with van der Waals surface area (Å²) in [5, 5.41) is 5.30. The summed E-state index contributed by atoms with van der Waals surface area (Å²) in [6, 6.07) is 21.7. The van der Waals surface area contributed by atoms with Crippen molar-refractivity contribution >= 4 is 34.2 Å². The fraction of sp³-hybridized carbons (Fsp3) is 0.214. The second kappa shape index (κ2) is 9.20. The fourth-order valence-corrected chi connectivity index (χ4v) is 5.36. The van der Waals surface area contributed by atoms with Gasteiger partial charge >= 0.3 is 5.97 Å². The number of carbonyl (C=O) groups is 1. The number of nitrogens with one attached hydrogen (secondary N) is 2. The number of esters is 1. The van der Waals surface area contributed by atoms with Crippen molar-refractivity contribution < 1.29 is 19.0 Å². The van der Waals surface area contributed by atoms with Gasteiger partial charge in [-0.25, -0.2) is 4.79 Å². The molecule has 6 rings (SSSR count). The Kier molecular flexibility index (Phi) is 5.73. The average molecular weight is 500 g/mol. The molecule has 4 aromatic rings. The molecule has 1 unspecified atom stereocenters. The SMILES string of the molecule is COC(=O)c1cccc(CNC(=S)N2CCc3c([nH]c4ccccc34)C2c2ccc3c(c2)OCO3)c1. The summed E-state index contributed by atoms with van der Waals surface area (Å²) in [5.74, 6) is 1.14. The molecule has 7 nitrogen and oxygen atoms in total. The zero-order valence-corrected chi connectivity index (χ0v) is 20.6. The molecule has 0 saturated carbocycles. The monoisotopic (exact) mass is 499 g/mol. The normalized spacial score (nSPS) is 16.0. The number of rotatable bonds is 4. The molecule has 1 aromatic heterocycles. The molecule has 3 aromatic carbocycles. The molecule has 3 heterocycles. The highest BCUT2D eigenvalue weighted by atomic mass is 32.1. The first kappa shape index (κ1) is 22.4. The number of para-hydroxylation sites is 1. The number of ether oxygens (including phenoxy) is 3. The van der Waals surface area contributed by atoms with Crippen LogP contribution in [-0.4, -0.2) is 41.4 Å². The number of carbonyl (C=O) groups excluding carboxylic acids is 1. The van der Waals surface area contributed by atoms with E-state index in [1.54, 1.807) is 6.07 Å². The van der Waals surface area contributed by atoms with E-state index in [1.807, 2.05) is 36.4 Å². The van der Waals surface area contributed by atoms with Crippen molar-refractivity contribution in [1.29, 1.82) is 0 Å². The van der Waals surface area contributed by atoms with Gasteiger partial charge < -0.3 is 29.4 Å². The molecule has 0 amide bonds. The summed E-state index contributed by atoms with van der Waals surface area (Å²) < 4.78 is 16.1. The maximum absolute atomic E-state index is 11.9. The van der Waals surface area contributed by atoms with E-state index < -0.39 is 0 Å². The summed E-state index contributed by atoms with van der Waals surface area (Å²) >= 11 is 5.92. The molecule has 0 bridgehead atoms. The van der Waals surface area contributed by atoms with Gasteiger partial charge in [-0.3, -0.25) is 0 Å². The summed E-state index contributed by atoms with van der Waals surface area (Å²) in [5.41, 5.74) is 6.11. The smallest absolute Gasteiger partial charge is 0.337 e. The van der Waals surface area contributed by atoms with Crippen LogP contribution in [-0.2, 0) is 17.7 Å². The highest BCUT2D eigenvalue weighted by molar-refractivity contribution is 7.80. The van der Waals surface area contributed by atoms with Crippen LogP contribution < -0.4 is 14.8 Å². The Balaban J connectivity index is 1.32. The van der Waals surface area contributed by atoms with Crippen LogP contribution in [0.25, 0.3) is 10.9 Å². The minimum Gasteiger partial charge on any atom is -0.465 e. The second-order valence-electron chi connectivity index (χ2n) is 8.87. The zero-order chi connectivity index (χ0) is 24.6. The number of H-pyrrole nitrogens is 1. The second-order valence-corrected chi connectivity index (χ2v) is 9.26. The van der Waals surface area contributed by atoms with Gasteiger partial charge in [0.15, 0.2) is 16.6 Å². The van der Waals surface area contributed by atoms with E-state index in [4.69, 9.17) is 26.4 Å². The van der Waals surface area contributed by atoms with Gasteiger partial charge in [-0.05, 0) is 65.7 Å². The minimum atomic E-state index is -0.357. The van der Waals surface area contributed by atoms with Gasteiger partial charge in [-0.1, -0.05) is 36.4 Å². The molecule has 1 atom stereocenters. The van der Waals surface area contributed by atoms with E-state index in [9.17, 15) is 4.79 Å². The van der Waals surface area contributed by atoms with Crippen LogP contribution in [0.15, 0.2) is 66.7 Å². The number of benzene rings is 3. The molecule has 0 fully saturated rings. The average Bonchev–Trinajstić information content (AvgIpc) is 3.55. The van der Waals surface area contributed by atoms with Crippen molar-refractivity contribution in [1.82, 2.24) is 15.2 Å². The fourth-order valence-electron chi connectivity index (χ4n) is 5.09. The predicted molar refractivity (Wildman–Crippen MR) is 140 cm³/mol. The van der Waals surface area contributed by atoms with Crippen molar-refractivity contribution in [2.24, 2.45) is 0 Å². The Morgan fingerprint density at radius 2 is 1.97 bits per heavy atom. The highest BCUT2D eigenvalue weighted by Gasteiger charge is 2.34. The molecular formula is C28H25N3O4S. The molecule has 0 aliphatic carbocycles. The standard InChI is InChI=1S/C28H25N3O4S/c1-33-27(32)19-6-4-5-17(13-19)15-29-28(36)31-12-11-21-20-7-2-3-8-22(20)30-25(21)26(31)18-9-10-23-24(14-18)35-16-34-23/h2-10,13-14,26,30H,11-12,15-16H2,1H3,(H,29,36). The van der Waals surface area contributed by atoms with Gasteiger partial charge in [0.1, 0.15) is 0 Å². The van der Waals surface area contributed by atoms with Crippen LogP contribution in [0.2, 0.25) is 0 Å². The quantitative estimate of drug-likeness (QED) is 0.311. The van der Waals surface area contributed by atoms with Crippen molar-refractivity contribution in [3.05, 3.63) is 94.7 Å². The first-order valence-electron chi connectivity index (χ1n) is 11.8. The molecule has 36 heavy (non-hydrogen) atoms. The number of hydrogen-bond donors (Lipinski definition) is 2. The maximum Gasteiger partial charge on any atom is 0.337 e. The number of nitrogens with zero attached hydrogens (tertiary/aromatic N) is 1. The van der Waals surface area contributed by atoms with Crippen molar-refractivity contribution in [3.63, 3.8) is 0 Å². The lowest BCUT2D eigenvalue weighted by Gasteiger charge is -2.38. The maximum atomic E-state index is 11.9. The van der Waals surface area contributed by atoms with Crippen LogP contribution in [0.4, 0.5) is 0 Å². The molecule has 2 N–H and O–H groups in total.